The Morgan fingerprint density at radius 1 is 1.15 bits per heavy atom. The standard InChI is InChI=1S/C19H29N3O5/c1-19(2,3)18(23)27-21-13-11-20(12-14-21)10-6-7-15-26-17-9-5-4-8-16(17)22(24)25/h4-5,8-9H,6-7,10-15H2,1-3H3. The molecule has 0 aliphatic carbocycles. The number of hydroxylamine groups is 2. The average molecular weight is 379 g/mol. The van der Waals surface area contributed by atoms with Crippen LogP contribution in [-0.2, 0) is 9.63 Å². The van der Waals surface area contributed by atoms with Crippen LogP contribution in [0.25, 0.3) is 0 Å². The number of nitrogens with zero attached hydrogens (tertiary/aromatic N) is 3. The summed E-state index contributed by atoms with van der Waals surface area (Å²) in [6.07, 6.45) is 1.77. The highest BCUT2D eigenvalue weighted by Crippen LogP contribution is 2.25. The summed E-state index contributed by atoms with van der Waals surface area (Å²) in [5, 5.41) is 12.7. The summed E-state index contributed by atoms with van der Waals surface area (Å²) in [6.45, 7) is 10.0. The molecule has 8 nitrogen and oxygen atoms in total. The summed E-state index contributed by atoms with van der Waals surface area (Å²) >= 11 is 0. The van der Waals surface area contributed by atoms with Crippen molar-refractivity contribution < 1.29 is 19.3 Å². The molecular weight excluding hydrogens is 350 g/mol. The van der Waals surface area contributed by atoms with Gasteiger partial charge in [-0.2, -0.15) is 0 Å². The van der Waals surface area contributed by atoms with Crippen molar-refractivity contribution in [3.8, 4) is 5.75 Å². The van der Waals surface area contributed by atoms with E-state index in [9.17, 15) is 14.9 Å². The second-order valence-electron chi connectivity index (χ2n) is 7.68. The van der Waals surface area contributed by atoms with Crippen molar-refractivity contribution in [3.63, 3.8) is 0 Å². The van der Waals surface area contributed by atoms with E-state index >= 15 is 0 Å². The first kappa shape index (κ1) is 21.1. The Labute approximate surface area is 160 Å². The van der Waals surface area contributed by atoms with E-state index in [1.54, 1.807) is 23.3 Å². The highest BCUT2D eigenvalue weighted by atomic mass is 16.7. The molecule has 1 aliphatic rings. The smallest absolute Gasteiger partial charge is 0.330 e. The Hall–Kier alpha value is -2.19. The van der Waals surface area contributed by atoms with Crippen LogP contribution in [0.4, 0.5) is 5.69 Å². The monoisotopic (exact) mass is 379 g/mol. The van der Waals surface area contributed by atoms with Crippen molar-refractivity contribution in [2.75, 3.05) is 39.3 Å². The van der Waals surface area contributed by atoms with Gasteiger partial charge >= 0.3 is 11.7 Å². The minimum Gasteiger partial charge on any atom is -0.487 e. The van der Waals surface area contributed by atoms with Crippen LogP contribution in [0.5, 0.6) is 5.75 Å². The number of para-hydroxylation sites is 2. The quantitative estimate of drug-likeness (QED) is 0.390. The fourth-order valence-electron chi connectivity index (χ4n) is 2.65. The topological polar surface area (TPSA) is 85.2 Å². The predicted molar refractivity (Wildman–Crippen MR) is 101 cm³/mol. The molecule has 0 unspecified atom stereocenters. The summed E-state index contributed by atoms with van der Waals surface area (Å²) in [7, 11) is 0. The summed E-state index contributed by atoms with van der Waals surface area (Å²) in [5.74, 6) is 0.111. The Morgan fingerprint density at radius 3 is 2.44 bits per heavy atom. The van der Waals surface area contributed by atoms with Crippen LogP contribution >= 0.6 is 0 Å². The Balaban J connectivity index is 1.61. The molecule has 150 valence electrons. The van der Waals surface area contributed by atoms with Gasteiger partial charge in [0.25, 0.3) is 0 Å². The minimum atomic E-state index is -0.495. The molecule has 1 aliphatic heterocycles. The third kappa shape index (κ3) is 6.80. The average Bonchev–Trinajstić information content (AvgIpc) is 2.62. The van der Waals surface area contributed by atoms with Crippen molar-refractivity contribution in [2.24, 2.45) is 5.41 Å². The lowest BCUT2D eigenvalue weighted by Gasteiger charge is -2.34. The molecule has 0 spiro atoms. The van der Waals surface area contributed by atoms with Crippen LogP contribution in [0.1, 0.15) is 33.6 Å². The number of benzene rings is 1. The Morgan fingerprint density at radius 2 is 1.81 bits per heavy atom. The molecule has 0 amide bonds. The van der Waals surface area contributed by atoms with Crippen LogP contribution in [0.2, 0.25) is 0 Å². The van der Waals surface area contributed by atoms with Crippen molar-refractivity contribution >= 4 is 11.7 Å². The molecule has 0 bridgehead atoms. The number of unbranched alkanes of at least 4 members (excludes halogenated alkanes) is 1. The lowest BCUT2D eigenvalue weighted by molar-refractivity contribution is -0.385. The Kier molecular flexibility index (Phi) is 7.55. The molecule has 0 radical (unpaired) electrons. The maximum absolute atomic E-state index is 11.9. The van der Waals surface area contributed by atoms with E-state index in [4.69, 9.17) is 9.57 Å². The van der Waals surface area contributed by atoms with E-state index in [-0.39, 0.29) is 11.7 Å². The fourth-order valence-corrected chi connectivity index (χ4v) is 2.65. The van der Waals surface area contributed by atoms with Gasteiger partial charge in [0.1, 0.15) is 0 Å². The first-order valence-corrected chi connectivity index (χ1v) is 9.33. The molecule has 1 aromatic rings. The first-order chi connectivity index (χ1) is 12.8. The number of nitro benzene ring substituents is 1. The lowest BCUT2D eigenvalue weighted by Crippen LogP contribution is -2.48. The zero-order valence-electron chi connectivity index (χ0n) is 16.3. The molecule has 1 saturated heterocycles. The predicted octanol–water partition coefficient (Wildman–Crippen LogP) is 2.88. The van der Waals surface area contributed by atoms with Gasteiger partial charge in [-0.25, -0.2) is 4.79 Å². The van der Waals surface area contributed by atoms with E-state index in [0.29, 0.717) is 25.4 Å². The van der Waals surface area contributed by atoms with Crippen LogP contribution in [0.15, 0.2) is 24.3 Å². The van der Waals surface area contributed by atoms with Gasteiger partial charge in [-0.3, -0.25) is 10.1 Å². The van der Waals surface area contributed by atoms with E-state index in [1.807, 2.05) is 20.8 Å². The summed E-state index contributed by atoms with van der Waals surface area (Å²) in [5.41, 5.74) is -0.497. The molecule has 0 aromatic heterocycles. The highest BCUT2D eigenvalue weighted by molar-refractivity contribution is 5.75. The largest absolute Gasteiger partial charge is 0.487 e. The normalized spacial score (nSPS) is 16.1. The van der Waals surface area contributed by atoms with Crippen LogP contribution < -0.4 is 4.74 Å². The molecule has 1 heterocycles. The van der Waals surface area contributed by atoms with Gasteiger partial charge < -0.3 is 14.5 Å². The number of nitro groups is 1. The summed E-state index contributed by atoms with van der Waals surface area (Å²) in [6, 6.07) is 6.43. The lowest BCUT2D eigenvalue weighted by atomic mass is 9.98. The zero-order valence-corrected chi connectivity index (χ0v) is 16.3. The van der Waals surface area contributed by atoms with Crippen LogP contribution in [-0.4, -0.2) is 60.2 Å². The third-order valence-corrected chi connectivity index (χ3v) is 4.34. The number of piperazine rings is 1. The fraction of sp³-hybridized carbons (Fsp3) is 0.632. The Bertz CT molecular complexity index is 636. The molecule has 0 saturated carbocycles. The molecule has 8 heteroatoms. The van der Waals surface area contributed by atoms with Gasteiger partial charge in [0.15, 0.2) is 5.75 Å². The van der Waals surface area contributed by atoms with E-state index < -0.39 is 10.3 Å². The maximum Gasteiger partial charge on any atom is 0.330 e. The number of carbonyl (C=O) groups is 1. The van der Waals surface area contributed by atoms with Gasteiger partial charge in [0.05, 0.1) is 16.9 Å². The SMILES string of the molecule is CC(C)(C)C(=O)ON1CCN(CCCCOc2ccccc2[N+](=O)[O-])CC1. The van der Waals surface area contributed by atoms with E-state index in [2.05, 4.69) is 4.90 Å². The molecule has 0 N–H and O–H groups in total. The zero-order chi connectivity index (χ0) is 19.9. The van der Waals surface area contributed by atoms with E-state index in [1.165, 1.54) is 6.07 Å². The van der Waals surface area contributed by atoms with Gasteiger partial charge in [0, 0.05) is 32.2 Å². The number of rotatable bonds is 8. The molecular formula is C19H29N3O5. The molecule has 1 fully saturated rings. The van der Waals surface area contributed by atoms with Gasteiger partial charge in [-0.05, 0) is 46.2 Å². The molecule has 0 atom stereocenters. The van der Waals surface area contributed by atoms with Crippen molar-refractivity contribution in [1.82, 2.24) is 9.96 Å². The second kappa shape index (κ2) is 9.66. The molecule has 27 heavy (non-hydrogen) atoms. The second-order valence-corrected chi connectivity index (χ2v) is 7.68. The number of hydrogen-bond donors (Lipinski definition) is 0. The number of ether oxygens (including phenoxy) is 1. The maximum atomic E-state index is 11.9. The third-order valence-electron chi connectivity index (χ3n) is 4.34. The highest BCUT2D eigenvalue weighted by Gasteiger charge is 2.27. The number of carbonyl (C=O) groups excluding carboxylic acids is 1. The van der Waals surface area contributed by atoms with Crippen LogP contribution in [0, 0.1) is 15.5 Å². The minimum absolute atomic E-state index is 0.00146. The van der Waals surface area contributed by atoms with Crippen molar-refractivity contribution in [3.05, 3.63) is 34.4 Å². The van der Waals surface area contributed by atoms with Crippen molar-refractivity contribution in [2.45, 2.75) is 33.6 Å². The molecule has 1 aromatic carbocycles. The molecule has 2 rings (SSSR count). The van der Waals surface area contributed by atoms with Crippen molar-refractivity contribution in [1.29, 1.82) is 0 Å². The number of hydrogen-bond acceptors (Lipinski definition) is 7. The summed E-state index contributed by atoms with van der Waals surface area (Å²) in [4.78, 5) is 30.2. The van der Waals surface area contributed by atoms with Gasteiger partial charge in [-0.1, -0.05) is 12.1 Å². The van der Waals surface area contributed by atoms with E-state index in [0.717, 1.165) is 32.5 Å². The van der Waals surface area contributed by atoms with Gasteiger partial charge in [0.2, 0.25) is 0 Å². The summed E-state index contributed by atoms with van der Waals surface area (Å²) < 4.78 is 5.55. The first-order valence-electron chi connectivity index (χ1n) is 9.33. The van der Waals surface area contributed by atoms with Crippen LogP contribution in [0.3, 0.4) is 0 Å². The van der Waals surface area contributed by atoms with Gasteiger partial charge in [-0.15, -0.1) is 5.06 Å².